The lowest BCUT2D eigenvalue weighted by atomic mass is 10.1. The number of rotatable bonds is 3. The van der Waals surface area contributed by atoms with E-state index in [0.29, 0.717) is 0 Å². The third-order valence-corrected chi connectivity index (χ3v) is 3.78. The second-order valence-electron chi connectivity index (χ2n) is 3.84. The van der Waals surface area contributed by atoms with Gasteiger partial charge in [0.05, 0.1) is 0 Å². The van der Waals surface area contributed by atoms with Crippen LogP contribution in [0.15, 0.2) is 0 Å². The van der Waals surface area contributed by atoms with Crippen molar-refractivity contribution in [2.45, 2.75) is 6.04 Å². The summed E-state index contributed by atoms with van der Waals surface area (Å²) in [6.07, 6.45) is 0. The quantitative estimate of drug-likeness (QED) is 0.627. The number of amides is 1. The normalized spacial score (nSPS) is 29.1. The highest BCUT2D eigenvalue weighted by atomic mass is 32.2. The smallest absolute Gasteiger partial charge is 0.241 e. The highest BCUT2D eigenvalue weighted by Gasteiger charge is 2.32. The zero-order valence-corrected chi connectivity index (χ0v) is 9.13. The second kappa shape index (κ2) is 4.51. The average Bonchev–Trinajstić information content (AvgIpc) is 2.25. The molecule has 0 aromatic heterocycles. The van der Waals surface area contributed by atoms with Crippen LogP contribution < -0.4 is 5.73 Å². The summed E-state index contributed by atoms with van der Waals surface area (Å²) < 4.78 is 0. The van der Waals surface area contributed by atoms with Crippen LogP contribution in [0.4, 0.5) is 0 Å². The summed E-state index contributed by atoms with van der Waals surface area (Å²) in [6.45, 7) is 4.95. The summed E-state index contributed by atoms with van der Waals surface area (Å²) in [5, 5.41) is 0. The van der Waals surface area contributed by atoms with E-state index in [9.17, 15) is 4.79 Å². The first-order valence-electron chi connectivity index (χ1n) is 5.12. The Morgan fingerprint density at radius 3 is 2.64 bits per heavy atom. The summed E-state index contributed by atoms with van der Waals surface area (Å²) in [4.78, 5) is 15.5. The molecule has 1 atom stereocenters. The van der Waals surface area contributed by atoms with Crippen molar-refractivity contribution in [3.05, 3.63) is 0 Å². The molecule has 2 N–H and O–H groups in total. The molecule has 2 aliphatic heterocycles. The van der Waals surface area contributed by atoms with Crippen molar-refractivity contribution in [1.29, 1.82) is 0 Å². The molecular weight excluding hydrogens is 198 g/mol. The van der Waals surface area contributed by atoms with E-state index in [2.05, 4.69) is 4.90 Å². The van der Waals surface area contributed by atoms with Crippen LogP contribution in [0.5, 0.6) is 0 Å². The number of carbonyl (C=O) groups is 1. The molecule has 0 radical (unpaired) electrons. The van der Waals surface area contributed by atoms with Gasteiger partial charge in [-0.15, -0.1) is 0 Å². The Hall–Kier alpha value is -0.260. The van der Waals surface area contributed by atoms with Crippen molar-refractivity contribution >= 4 is 17.7 Å². The second-order valence-corrected chi connectivity index (χ2v) is 5.07. The molecule has 2 heterocycles. The van der Waals surface area contributed by atoms with Crippen molar-refractivity contribution in [1.82, 2.24) is 9.80 Å². The van der Waals surface area contributed by atoms with Crippen LogP contribution in [0.25, 0.3) is 0 Å². The summed E-state index contributed by atoms with van der Waals surface area (Å²) in [5.74, 6) is 2.58. The van der Waals surface area contributed by atoms with E-state index in [0.717, 1.165) is 19.6 Å². The number of carbonyl (C=O) groups excluding carboxylic acids is 1. The van der Waals surface area contributed by atoms with Gasteiger partial charge in [-0.1, -0.05) is 0 Å². The lowest BCUT2D eigenvalue weighted by molar-refractivity contribution is -0.142. The van der Waals surface area contributed by atoms with Gasteiger partial charge in [0.15, 0.2) is 0 Å². The standard InChI is InChI=1S/C9H17N3OS/c10-8-7-12(9(8)13)2-1-11-3-5-14-6-4-11/h8H,1-7,10H2. The first-order valence-corrected chi connectivity index (χ1v) is 6.27. The van der Waals surface area contributed by atoms with E-state index in [1.165, 1.54) is 24.6 Å². The highest BCUT2D eigenvalue weighted by Crippen LogP contribution is 2.11. The molecule has 1 unspecified atom stereocenters. The summed E-state index contributed by atoms with van der Waals surface area (Å²) in [6, 6.07) is -0.216. The van der Waals surface area contributed by atoms with Crippen molar-refractivity contribution in [2.75, 3.05) is 44.2 Å². The zero-order chi connectivity index (χ0) is 9.97. The van der Waals surface area contributed by atoms with E-state index < -0.39 is 0 Å². The van der Waals surface area contributed by atoms with Gasteiger partial charge in [0.25, 0.3) is 0 Å². The molecule has 1 amide bonds. The molecular formula is C9H17N3OS. The molecule has 5 heteroatoms. The van der Waals surface area contributed by atoms with Crippen LogP contribution in [0, 0.1) is 0 Å². The number of nitrogens with two attached hydrogens (primary N) is 1. The first-order chi connectivity index (χ1) is 6.77. The van der Waals surface area contributed by atoms with Gasteiger partial charge in [-0.2, -0.15) is 11.8 Å². The van der Waals surface area contributed by atoms with Gasteiger partial charge in [-0.05, 0) is 0 Å². The summed E-state index contributed by atoms with van der Waals surface area (Å²) in [5.41, 5.74) is 5.51. The number of hydrogen-bond acceptors (Lipinski definition) is 4. The van der Waals surface area contributed by atoms with Crippen LogP contribution >= 0.6 is 11.8 Å². The largest absolute Gasteiger partial charge is 0.338 e. The lowest BCUT2D eigenvalue weighted by Crippen LogP contribution is -2.62. The Labute approximate surface area is 88.8 Å². The molecule has 2 aliphatic rings. The van der Waals surface area contributed by atoms with E-state index >= 15 is 0 Å². The van der Waals surface area contributed by atoms with Crippen LogP contribution in [-0.4, -0.2) is 66.0 Å². The van der Waals surface area contributed by atoms with Gasteiger partial charge in [-0.3, -0.25) is 9.69 Å². The average molecular weight is 215 g/mol. The van der Waals surface area contributed by atoms with E-state index in [4.69, 9.17) is 5.73 Å². The fraction of sp³-hybridized carbons (Fsp3) is 0.889. The third-order valence-electron chi connectivity index (χ3n) is 2.84. The summed E-state index contributed by atoms with van der Waals surface area (Å²) >= 11 is 2.01. The molecule has 0 aromatic rings. The molecule has 0 saturated carbocycles. The van der Waals surface area contributed by atoms with Crippen LogP contribution in [0.1, 0.15) is 0 Å². The van der Waals surface area contributed by atoms with E-state index in [-0.39, 0.29) is 11.9 Å². The number of likely N-dealkylation sites (tertiary alicyclic amines) is 1. The lowest BCUT2D eigenvalue weighted by Gasteiger charge is -2.38. The van der Waals surface area contributed by atoms with Crippen molar-refractivity contribution < 1.29 is 4.79 Å². The van der Waals surface area contributed by atoms with Crippen molar-refractivity contribution in [3.63, 3.8) is 0 Å². The molecule has 0 spiro atoms. The maximum atomic E-state index is 11.2. The minimum absolute atomic E-state index is 0.122. The fourth-order valence-corrected chi connectivity index (χ4v) is 2.79. The Kier molecular flexibility index (Phi) is 3.30. The van der Waals surface area contributed by atoms with E-state index in [1.807, 2.05) is 16.7 Å². The van der Waals surface area contributed by atoms with Gasteiger partial charge in [-0.25, -0.2) is 0 Å². The first kappa shape index (κ1) is 10.3. The number of hydrogen-bond donors (Lipinski definition) is 1. The molecule has 0 aliphatic carbocycles. The maximum Gasteiger partial charge on any atom is 0.241 e. The fourth-order valence-electron chi connectivity index (χ4n) is 1.82. The van der Waals surface area contributed by atoms with Gasteiger partial charge < -0.3 is 10.6 Å². The van der Waals surface area contributed by atoms with Crippen molar-refractivity contribution in [3.8, 4) is 0 Å². The Morgan fingerprint density at radius 2 is 2.07 bits per heavy atom. The minimum atomic E-state index is -0.216. The van der Waals surface area contributed by atoms with Crippen LogP contribution in [0.2, 0.25) is 0 Å². The molecule has 0 bridgehead atoms. The predicted octanol–water partition coefficient (Wildman–Crippen LogP) is -0.795. The number of nitrogens with zero attached hydrogens (tertiary/aromatic N) is 2. The molecule has 4 nitrogen and oxygen atoms in total. The van der Waals surface area contributed by atoms with Gasteiger partial charge in [0, 0.05) is 44.2 Å². The summed E-state index contributed by atoms with van der Waals surface area (Å²) in [7, 11) is 0. The maximum absolute atomic E-state index is 11.2. The van der Waals surface area contributed by atoms with Crippen LogP contribution in [-0.2, 0) is 4.79 Å². The van der Waals surface area contributed by atoms with E-state index in [1.54, 1.807) is 0 Å². The zero-order valence-electron chi connectivity index (χ0n) is 8.32. The predicted molar refractivity (Wildman–Crippen MR) is 58.3 cm³/mol. The topological polar surface area (TPSA) is 49.6 Å². The Bertz CT molecular complexity index is 218. The van der Waals surface area contributed by atoms with Crippen molar-refractivity contribution in [2.24, 2.45) is 5.73 Å². The van der Waals surface area contributed by atoms with Gasteiger partial charge >= 0.3 is 0 Å². The molecule has 2 rings (SSSR count). The molecule has 0 aromatic carbocycles. The monoisotopic (exact) mass is 215 g/mol. The Morgan fingerprint density at radius 1 is 1.36 bits per heavy atom. The molecule has 2 saturated heterocycles. The third kappa shape index (κ3) is 2.21. The van der Waals surface area contributed by atoms with Crippen LogP contribution in [0.3, 0.4) is 0 Å². The molecule has 14 heavy (non-hydrogen) atoms. The van der Waals surface area contributed by atoms with Gasteiger partial charge in [0.1, 0.15) is 6.04 Å². The Balaban J connectivity index is 1.65. The number of thioether (sulfide) groups is 1. The molecule has 2 fully saturated rings. The SMILES string of the molecule is NC1CN(CCN2CCSCC2)C1=O. The number of β-lactam (4-membered cyclic amide) rings is 1. The highest BCUT2D eigenvalue weighted by molar-refractivity contribution is 7.99. The minimum Gasteiger partial charge on any atom is -0.338 e. The van der Waals surface area contributed by atoms with Gasteiger partial charge in [0.2, 0.25) is 5.91 Å². The molecule has 80 valence electrons.